The third kappa shape index (κ3) is 3.15. The Labute approximate surface area is 167 Å². The maximum absolute atomic E-state index is 12.8. The highest BCUT2D eigenvalue weighted by Gasteiger charge is 2.48. The van der Waals surface area contributed by atoms with Gasteiger partial charge in [-0.05, 0) is 5.56 Å². The Kier molecular flexibility index (Phi) is 4.61. The van der Waals surface area contributed by atoms with E-state index in [1.54, 1.807) is 36.4 Å². The summed E-state index contributed by atoms with van der Waals surface area (Å²) in [5.74, 6) is -2.17. The number of aromatic nitrogens is 2. The van der Waals surface area contributed by atoms with E-state index >= 15 is 0 Å². The van der Waals surface area contributed by atoms with Gasteiger partial charge in [0, 0.05) is 17.7 Å². The molecule has 4 rings (SSSR count). The number of amides is 1. The van der Waals surface area contributed by atoms with Crippen LogP contribution >= 0.6 is 11.3 Å². The number of hydrogen-bond acceptors (Lipinski definition) is 8. The quantitative estimate of drug-likeness (QED) is 0.231. The number of Topliss-reactive ketones (excluding diaryl/α,β-unsaturated/α-hetero) is 1. The number of nitro benzene ring substituents is 1. The third-order valence-electron chi connectivity index (χ3n) is 4.44. The highest BCUT2D eigenvalue weighted by molar-refractivity contribution is 7.13. The number of hydrogen-bond donors (Lipinski definition) is 1. The number of rotatable bonds is 4. The van der Waals surface area contributed by atoms with Gasteiger partial charge in [-0.15, -0.1) is 10.2 Å². The minimum absolute atomic E-state index is 0.149. The predicted octanol–water partition coefficient (Wildman–Crippen LogP) is 3.07. The van der Waals surface area contributed by atoms with E-state index in [-0.39, 0.29) is 22.2 Å². The van der Waals surface area contributed by atoms with Crippen LogP contribution in [0.4, 0.5) is 10.8 Å². The zero-order chi connectivity index (χ0) is 20.5. The second-order valence-corrected chi connectivity index (χ2v) is 6.92. The molecular formula is C19H12N4O5S. The Bertz CT molecular complexity index is 1140. The summed E-state index contributed by atoms with van der Waals surface area (Å²) in [5, 5.41) is 29.8. The Morgan fingerprint density at radius 3 is 2.55 bits per heavy atom. The van der Waals surface area contributed by atoms with Crippen molar-refractivity contribution in [3.05, 3.63) is 86.9 Å². The molecule has 0 spiro atoms. The summed E-state index contributed by atoms with van der Waals surface area (Å²) in [7, 11) is 0. The Hall–Kier alpha value is -3.92. The van der Waals surface area contributed by atoms with Crippen LogP contribution in [0.3, 0.4) is 0 Å². The van der Waals surface area contributed by atoms with Gasteiger partial charge in [-0.25, -0.2) is 0 Å². The Morgan fingerprint density at radius 1 is 1.14 bits per heavy atom. The molecule has 0 radical (unpaired) electrons. The molecule has 1 N–H and O–H groups in total. The van der Waals surface area contributed by atoms with E-state index in [9.17, 15) is 24.8 Å². The first kappa shape index (κ1) is 18.4. The average Bonchev–Trinajstić information content (AvgIpc) is 3.35. The molecule has 1 aromatic heterocycles. The summed E-state index contributed by atoms with van der Waals surface area (Å²) < 4.78 is 0. The maximum Gasteiger partial charge on any atom is 0.301 e. The number of nitro groups is 1. The summed E-state index contributed by atoms with van der Waals surface area (Å²) >= 11 is 1.04. The SMILES string of the molecule is O=C1C(=O)N(c2nncs2)C(c2cccc([N+](=O)[O-])c2)C1=C(O)c1ccccc1. The summed E-state index contributed by atoms with van der Waals surface area (Å²) in [4.78, 5) is 37.4. The largest absolute Gasteiger partial charge is 0.507 e. The fraction of sp³-hybridized carbons (Fsp3) is 0.0526. The monoisotopic (exact) mass is 408 g/mol. The van der Waals surface area contributed by atoms with Crippen LogP contribution in [0.5, 0.6) is 0 Å². The highest BCUT2D eigenvalue weighted by atomic mass is 32.1. The van der Waals surface area contributed by atoms with Gasteiger partial charge in [0.25, 0.3) is 11.5 Å². The molecule has 1 aliphatic heterocycles. The number of carbonyl (C=O) groups excluding carboxylic acids is 2. The maximum atomic E-state index is 12.8. The van der Waals surface area contributed by atoms with E-state index in [1.165, 1.54) is 23.7 Å². The van der Waals surface area contributed by atoms with Crippen LogP contribution in [-0.2, 0) is 9.59 Å². The summed E-state index contributed by atoms with van der Waals surface area (Å²) in [6, 6.07) is 12.8. The highest BCUT2D eigenvalue weighted by Crippen LogP contribution is 2.42. The molecule has 1 saturated heterocycles. The molecule has 1 amide bonds. The topological polar surface area (TPSA) is 127 Å². The first-order valence-corrected chi connectivity index (χ1v) is 9.24. The van der Waals surface area contributed by atoms with Gasteiger partial charge in [0.1, 0.15) is 11.3 Å². The van der Waals surface area contributed by atoms with Crippen molar-refractivity contribution in [2.24, 2.45) is 0 Å². The zero-order valence-electron chi connectivity index (χ0n) is 14.6. The number of carbonyl (C=O) groups is 2. The van der Waals surface area contributed by atoms with Crippen molar-refractivity contribution in [1.29, 1.82) is 0 Å². The standard InChI is InChI=1S/C19H12N4O5S/c24-16(11-5-2-1-3-6-11)14-15(12-7-4-8-13(9-12)23(27)28)22(18(26)17(14)25)19-21-20-10-29-19/h1-10,15,24H. The van der Waals surface area contributed by atoms with Gasteiger partial charge in [0.2, 0.25) is 5.13 Å². The summed E-state index contributed by atoms with van der Waals surface area (Å²) in [5.41, 5.74) is 1.67. The number of benzene rings is 2. The van der Waals surface area contributed by atoms with Crippen molar-refractivity contribution in [3.63, 3.8) is 0 Å². The molecule has 10 heteroatoms. The lowest BCUT2D eigenvalue weighted by molar-refractivity contribution is -0.384. The number of ketones is 1. The van der Waals surface area contributed by atoms with Crippen LogP contribution in [0.2, 0.25) is 0 Å². The van der Waals surface area contributed by atoms with Crippen molar-refractivity contribution < 1.29 is 19.6 Å². The minimum Gasteiger partial charge on any atom is -0.507 e. The molecule has 144 valence electrons. The van der Waals surface area contributed by atoms with Gasteiger partial charge in [-0.1, -0.05) is 53.8 Å². The first-order chi connectivity index (χ1) is 14.0. The Balaban J connectivity index is 1.96. The van der Waals surface area contributed by atoms with Crippen molar-refractivity contribution in [1.82, 2.24) is 10.2 Å². The van der Waals surface area contributed by atoms with Crippen LogP contribution in [-0.4, -0.2) is 31.9 Å². The second kappa shape index (κ2) is 7.24. The lowest BCUT2D eigenvalue weighted by Gasteiger charge is -2.22. The zero-order valence-corrected chi connectivity index (χ0v) is 15.4. The molecule has 1 atom stereocenters. The van der Waals surface area contributed by atoms with Crippen molar-refractivity contribution >= 4 is 39.6 Å². The van der Waals surface area contributed by atoms with Gasteiger partial charge < -0.3 is 5.11 Å². The van der Waals surface area contributed by atoms with E-state index in [0.717, 1.165) is 16.2 Å². The summed E-state index contributed by atoms with van der Waals surface area (Å²) in [6.45, 7) is 0. The molecule has 1 unspecified atom stereocenters. The van der Waals surface area contributed by atoms with E-state index in [1.807, 2.05) is 0 Å². The molecule has 2 heterocycles. The third-order valence-corrected chi connectivity index (χ3v) is 5.13. The molecule has 0 bridgehead atoms. The molecule has 2 aromatic carbocycles. The molecule has 1 aliphatic rings. The van der Waals surface area contributed by atoms with E-state index in [0.29, 0.717) is 11.1 Å². The fourth-order valence-electron chi connectivity index (χ4n) is 3.18. The second-order valence-electron chi connectivity index (χ2n) is 6.11. The average molecular weight is 408 g/mol. The van der Waals surface area contributed by atoms with Crippen LogP contribution in [0, 0.1) is 10.1 Å². The molecule has 9 nitrogen and oxygen atoms in total. The van der Waals surface area contributed by atoms with E-state index in [4.69, 9.17) is 0 Å². The first-order valence-electron chi connectivity index (χ1n) is 8.36. The van der Waals surface area contributed by atoms with Gasteiger partial charge in [-0.3, -0.25) is 24.6 Å². The van der Waals surface area contributed by atoms with Crippen LogP contribution < -0.4 is 4.90 Å². The van der Waals surface area contributed by atoms with Gasteiger partial charge in [0.15, 0.2) is 0 Å². The number of nitrogens with zero attached hydrogens (tertiary/aromatic N) is 4. The molecule has 1 fully saturated rings. The van der Waals surface area contributed by atoms with Crippen molar-refractivity contribution in [3.8, 4) is 0 Å². The van der Waals surface area contributed by atoms with Crippen molar-refractivity contribution in [2.75, 3.05) is 4.90 Å². The molecular weight excluding hydrogens is 396 g/mol. The molecule has 29 heavy (non-hydrogen) atoms. The van der Waals surface area contributed by atoms with Crippen molar-refractivity contribution in [2.45, 2.75) is 6.04 Å². The molecule has 3 aromatic rings. The lowest BCUT2D eigenvalue weighted by Crippen LogP contribution is -2.29. The summed E-state index contributed by atoms with van der Waals surface area (Å²) in [6.07, 6.45) is 0. The van der Waals surface area contributed by atoms with Crippen LogP contribution in [0.15, 0.2) is 65.7 Å². The smallest absolute Gasteiger partial charge is 0.301 e. The number of aliphatic hydroxyl groups excluding tert-OH is 1. The van der Waals surface area contributed by atoms with Crippen LogP contribution in [0.25, 0.3) is 5.76 Å². The predicted molar refractivity (Wildman–Crippen MR) is 104 cm³/mol. The van der Waals surface area contributed by atoms with Gasteiger partial charge in [-0.2, -0.15) is 0 Å². The Morgan fingerprint density at radius 2 is 1.90 bits per heavy atom. The number of anilines is 1. The number of non-ortho nitro benzene ring substituents is 1. The fourth-order valence-corrected chi connectivity index (χ4v) is 3.76. The number of aliphatic hydroxyl groups is 1. The lowest BCUT2D eigenvalue weighted by atomic mass is 9.95. The van der Waals surface area contributed by atoms with E-state index < -0.39 is 22.7 Å². The molecule has 0 saturated carbocycles. The normalized spacial score (nSPS) is 18.2. The van der Waals surface area contributed by atoms with E-state index in [2.05, 4.69) is 10.2 Å². The van der Waals surface area contributed by atoms with Crippen LogP contribution in [0.1, 0.15) is 17.2 Å². The van der Waals surface area contributed by atoms with Gasteiger partial charge >= 0.3 is 5.91 Å². The van der Waals surface area contributed by atoms with Gasteiger partial charge in [0.05, 0.1) is 16.5 Å². The minimum atomic E-state index is -1.08. The molecule has 0 aliphatic carbocycles.